The second-order valence-electron chi connectivity index (χ2n) is 2.87. The van der Waals surface area contributed by atoms with E-state index in [0.29, 0.717) is 0 Å². The highest BCUT2D eigenvalue weighted by molar-refractivity contribution is 5.61. The highest BCUT2D eigenvalue weighted by atomic mass is 16.2. The summed E-state index contributed by atoms with van der Waals surface area (Å²) < 4.78 is 1.82. The third kappa shape index (κ3) is 2.22. The van der Waals surface area contributed by atoms with Gasteiger partial charge in [-0.05, 0) is 0 Å². The maximum absolute atomic E-state index is 11.4. The fraction of sp³-hybridized carbons (Fsp3) is 0.429. The largest absolute Gasteiger partial charge is 0.406 e. The van der Waals surface area contributed by atoms with Gasteiger partial charge < -0.3 is 0 Å². The number of amides is 1. The number of nitrogens with zero attached hydrogens (tertiary/aromatic N) is 4. The Morgan fingerprint density at radius 1 is 1.40 bits per heavy atom. The third-order valence-corrected chi connectivity index (χ3v) is 1.62. The number of nitrogens with one attached hydrogen (secondary N) is 1. The maximum Gasteiger partial charge on any atom is 0.406 e. The first-order valence-corrected chi connectivity index (χ1v) is 4.05. The Labute approximate surface area is 83.9 Å². The summed E-state index contributed by atoms with van der Waals surface area (Å²) in [6.45, 7) is 1.25. The number of hydrogen-bond acceptors (Lipinski definition) is 5. The molecule has 0 unspecified atom stereocenters. The zero-order valence-corrected chi connectivity index (χ0v) is 8.51. The second-order valence-corrected chi connectivity index (χ2v) is 2.87. The third-order valence-electron chi connectivity index (χ3n) is 1.62. The lowest BCUT2D eigenvalue weighted by Crippen LogP contribution is -2.69. The van der Waals surface area contributed by atoms with Crippen molar-refractivity contribution in [2.24, 2.45) is 19.2 Å². The first kappa shape index (κ1) is 11.0. The van der Waals surface area contributed by atoms with Crippen LogP contribution in [0.25, 0.3) is 0 Å². The number of azo groups is 1. The monoisotopic (exact) mass is 212 g/mol. The van der Waals surface area contributed by atoms with Crippen molar-refractivity contribution in [1.82, 2.24) is 14.3 Å². The Hall–Kier alpha value is -2.12. The van der Waals surface area contributed by atoms with Crippen LogP contribution in [0.3, 0.4) is 0 Å². The van der Waals surface area contributed by atoms with Crippen molar-refractivity contribution in [1.29, 1.82) is 0 Å². The molecular formula is C7H10N5O3+. The number of rotatable bonds is 1. The van der Waals surface area contributed by atoms with Crippen molar-refractivity contribution >= 4 is 11.7 Å². The van der Waals surface area contributed by atoms with Gasteiger partial charge in [-0.15, -0.1) is 5.10 Å². The molecule has 0 aliphatic heterocycles. The molecule has 0 aliphatic rings. The molecule has 1 N–H and O–H groups in total. The van der Waals surface area contributed by atoms with Gasteiger partial charge in [0.05, 0.1) is 6.92 Å². The molecule has 1 aromatic heterocycles. The van der Waals surface area contributed by atoms with Gasteiger partial charge >= 0.3 is 23.0 Å². The number of carbonyl (C=O) groups excluding carboxylic acids is 1. The minimum Gasteiger partial charge on any atom is -0.265 e. The Bertz CT molecular complexity index is 539. The van der Waals surface area contributed by atoms with Gasteiger partial charge in [0.25, 0.3) is 0 Å². The summed E-state index contributed by atoms with van der Waals surface area (Å²) >= 11 is 0. The molecule has 8 heteroatoms. The molecule has 0 spiro atoms. The van der Waals surface area contributed by atoms with E-state index in [1.54, 1.807) is 0 Å². The first-order chi connectivity index (χ1) is 6.93. The van der Waals surface area contributed by atoms with Crippen LogP contribution >= 0.6 is 0 Å². The van der Waals surface area contributed by atoms with E-state index < -0.39 is 17.2 Å². The summed E-state index contributed by atoms with van der Waals surface area (Å²) in [7, 11) is 2.69. The molecule has 0 saturated carbocycles. The predicted molar refractivity (Wildman–Crippen MR) is 48.5 cm³/mol. The molecule has 1 aromatic rings. The van der Waals surface area contributed by atoms with Crippen molar-refractivity contribution in [2.75, 3.05) is 0 Å². The van der Waals surface area contributed by atoms with E-state index in [2.05, 4.69) is 15.3 Å². The quantitative estimate of drug-likeness (QED) is 0.508. The van der Waals surface area contributed by atoms with Gasteiger partial charge in [-0.25, -0.2) is 14.3 Å². The average Bonchev–Trinajstić information content (AvgIpc) is 2.18. The van der Waals surface area contributed by atoms with Crippen LogP contribution in [-0.2, 0) is 18.9 Å². The van der Waals surface area contributed by atoms with Crippen molar-refractivity contribution in [3.05, 3.63) is 20.8 Å². The minimum absolute atomic E-state index is 0.241. The lowest BCUT2D eigenvalue weighted by atomic mass is 10.7. The number of aromatic nitrogens is 3. The molecule has 80 valence electrons. The molecule has 0 radical (unpaired) electrons. The average molecular weight is 212 g/mol. The molecule has 0 saturated heterocycles. The molecule has 1 heterocycles. The minimum atomic E-state index is -0.660. The van der Waals surface area contributed by atoms with Crippen molar-refractivity contribution in [3.63, 3.8) is 0 Å². The van der Waals surface area contributed by atoms with E-state index in [0.717, 1.165) is 9.25 Å². The van der Waals surface area contributed by atoms with Gasteiger partial charge in [-0.2, -0.15) is 0 Å². The smallest absolute Gasteiger partial charge is 0.265 e. The zero-order valence-electron chi connectivity index (χ0n) is 8.51. The van der Waals surface area contributed by atoms with Crippen molar-refractivity contribution in [2.45, 2.75) is 6.92 Å². The number of aryl methyl sites for hydroxylation is 1. The van der Waals surface area contributed by atoms with Gasteiger partial charge in [0, 0.05) is 19.2 Å². The summed E-state index contributed by atoms with van der Waals surface area (Å²) in [6.07, 6.45) is 0. The molecule has 0 fully saturated rings. The first-order valence-electron chi connectivity index (χ1n) is 4.05. The van der Waals surface area contributed by atoms with Crippen LogP contribution in [0.15, 0.2) is 14.7 Å². The second kappa shape index (κ2) is 3.95. The predicted octanol–water partition coefficient (Wildman–Crippen LogP) is -2.81. The number of carbonyl (C=O) groups is 1. The van der Waals surface area contributed by atoms with Gasteiger partial charge in [0.15, 0.2) is 0 Å². The van der Waals surface area contributed by atoms with E-state index >= 15 is 0 Å². The molecule has 1 rings (SSSR count). The van der Waals surface area contributed by atoms with E-state index in [4.69, 9.17) is 0 Å². The van der Waals surface area contributed by atoms with Crippen LogP contribution in [0.4, 0.5) is 5.82 Å². The zero-order chi connectivity index (χ0) is 11.6. The summed E-state index contributed by atoms with van der Waals surface area (Å²) in [6, 6.07) is 0. The normalized spacial score (nSPS) is 10.9. The Balaban J connectivity index is 3.40. The van der Waals surface area contributed by atoms with Crippen LogP contribution in [0.1, 0.15) is 6.92 Å². The van der Waals surface area contributed by atoms with Crippen LogP contribution in [0, 0.1) is 0 Å². The molecule has 0 aliphatic carbocycles. The molecule has 0 atom stereocenters. The highest BCUT2D eigenvalue weighted by Gasteiger charge is 2.10. The van der Waals surface area contributed by atoms with E-state index in [1.165, 1.54) is 21.0 Å². The van der Waals surface area contributed by atoms with Crippen LogP contribution in [0.5, 0.6) is 0 Å². The van der Waals surface area contributed by atoms with Crippen LogP contribution < -0.4 is 16.4 Å². The van der Waals surface area contributed by atoms with Gasteiger partial charge in [0.2, 0.25) is 0 Å². The SMILES string of the molecule is CC(=O)[NH+]=Nc1nn(C)c(=O)n(C)c1=O. The van der Waals surface area contributed by atoms with Crippen LogP contribution in [0.2, 0.25) is 0 Å². The summed E-state index contributed by atoms with van der Waals surface area (Å²) in [5, 5.41) is 9.13. The molecule has 1 amide bonds. The van der Waals surface area contributed by atoms with Crippen molar-refractivity contribution < 1.29 is 9.91 Å². The van der Waals surface area contributed by atoms with Gasteiger partial charge in [0.1, 0.15) is 0 Å². The molecule has 15 heavy (non-hydrogen) atoms. The molecular weight excluding hydrogens is 202 g/mol. The molecule has 0 bridgehead atoms. The van der Waals surface area contributed by atoms with Crippen molar-refractivity contribution in [3.8, 4) is 0 Å². The fourth-order valence-electron chi connectivity index (χ4n) is 0.883. The Morgan fingerprint density at radius 2 is 2.00 bits per heavy atom. The van der Waals surface area contributed by atoms with Gasteiger partial charge in [-0.3, -0.25) is 9.36 Å². The summed E-state index contributed by atoms with van der Waals surface area (Å²) in [4.78, 5) is 33.2. The molecule has 8 nitrogen and oxygen atoms in total. The maximum atomic E-state index is 11.4. The van der Waals surface area contributed by atoms with E-state index in [1.807, 2.05) is 0 Å². The van der Waals surface area contributed by atoms with E-state index in [-0.39, 0.29) is 5.82 Å². The molecule has 0 aromatic carbocycles. The number of hydrogen-bond donors (Lipinski definition) is 1. The summed E-state index contributed by atoms with van der Waals surface area (Å²) in [5.41, 5.74) is -1.21. The van der Waals surface area contributed by atoms with Crippen LogP contribution in [-0.4, -0.2) is 20.3 Å². The van der Waals surface area contributed by atoms with E-state index in [9.17, 15) is 14.4 Å². The van der Waals surface area contributed by atoms with Gasteiger partial charge in [-0.1, -0.05) is 5.11 Å². The standard InChI is InChI=1S/C7H9N5O3/c1-4(13)8-9-5-6(14)11(2)7(15)12(3)10-5/h1-3H3/p+1. The lowest BCUT2D eigenvalue weighted by Gasteiger charge is -1.98. The summed E-state index contributed by atoms with van der Waals surface area (Å²) in [5.74, 6) is -0.664. The Morgan fingerprint density at radius 3 is 2.53 bits per heavy atom. The Kier molecular flexibility index (Phi) is 2.88. The lowest BCUT2D eigenvalue weighted by molar-refractivity contribution is -0.441. The topological polar surface area (TPSA) is 100 Å². The fourth-order valence-corrected chi connectivity index (χ4v) is 0.883. The highest BCUT2D eigenvalue weighted by Crippen LogP contribution is 1.89.